The lowest BCUT2D eigenvalue weighted by molar-refractivity contribution is -0.00932. The molecule has 0 saturated heterocycles. The van der Waals surface area contributed by atoms with Gasteiger partial charge in [-0.2, -0.15) is 0 Å². The van der Waals surface area contributed by atoms with Crippen molar-refractivity contribution in [2.45, 2.75) is 0 Å². The molecule has 0 fully saturated rings. The molecule has 1 aromatic rings. The molecular weight excluding hydrogens is 399 g/mol. The molecule has 0 spiro atoms. The Balaban J connectivity index is 2.09. The maximum Gasteiger partial charge on any atom is 0.189 e. The van der Waals surface area contributed by atoms with Crippen molar-refractivity contribution in [1.29, 1.82) is 0 Å². The van der Waals surface area contributed by atoms with E-state index < -0.39 is 5.82 Å². The zero-order valence-electron chi connectivity index (χ0n) is 14.3. The molecule has 1 aliphatic heterocycles. The highest BCUT2D eigenvalue weighted by Crippen LogP contribution is 2.16. The Morgan fingerprint density at radius 3 is 2.60 bits per heavy atom. The van der Waals surface area contributed by atoms with Gasteiger partial charge in [0.2, 0.25) is 0 Å². The smallest absolute Gasteiger partial charge is 0.189 e. The van der Waals surface area contributed by atoms with Crippen LogP contribution in [0.3, 0.4) is 0 Å². The first-order chi connectivity index (χ1) is 12.2. The molecule has 2 rings (SSSR count). The zero-order valence-corrected chi connectivity index (χ0v) is 15.9. The molecule has 0 unspecified atom stereocenters. The van der Waals surface area contributed by atoms with Gasteiger partial charge in [-0.25, -0.2) is 4.39 Å². The molecule has 0 bridgehead atoms. The Labute approximate surface area is 154 Å². The Hall–Kier alpha value is -1.26. The fourth-order valence-corrected chi connectivity index (χ4v) is 2.52. The third-order valence-corrected chi connectivity index (χ3v) is 3.91. The summed E-state index contributed by atoms with van der Waals surface area (Å²) in [5.41, 5.74) is 0. The number of ether oxygens (including phenoxy) is 5. The summed E-state index contributed by atoms with van der Waals surface area (Å²) in [6.07, 6.45) is 1.67. The van der Waals surface area contributed by atoms with Gasteiger partial charge in [0.1, 0.15) is 30.3 Å². The van der Waals surface area contributed by atoms with E-state index in [4.69, 9.17) is 23.7 Å². The molecule has 0 aliphatic carbocycles. The van der Waals surface area contributed by atoms with Crippen LogP contribution >= 0.6 is 15.9 Å². The van der Waals surface area contributed by atoms with Crippen LogP contribution in [0.5, 0.6) is 5.75 Å². The summed E-state index contributed by atoms with van der Waals surface area (Å²) in [6, 6.07) is 1.55. The summed E-state index contributed by atoms with van der Waals surface area (Å²) in [5, 5.41) is 0.812. The second-order valence-electron chi connectivity index (χ2n) is 5.14. The minimum absolute atomic E-state index is 0.0350. The van der Waals surface area contributed by atoms with Crippen molar-refractivity contribution in [3.8, 4) is 5.75 Å². The van der Waals surface area contributed by atoms with E-state index in [1.165, 1.54) is 0 Å². The van der Waals surface area contributed by atoms with Gasteiger partial charge >= 0.3 is 0 Å². The van der Waals surface area contributed by atoms with Gasteiger partial charge < -0.3 is 28.6 Å². The molecule has 0 atom stereocenters. The first kappa shape index (κ1) is 20.1. The van der Waals surface area contributed by atoms with Gasteiger partial charge in [-0.05, 0) is 22.0 Å². The van der Waals surface area contributed by atoms with Gasteiger partial charge in [0, 0.05) is 20.4 Å². The molecule has 25 heavy (non-hydrogen) atoms. The second-order valence-corrected chi connectivity index (χ2v) is 6.00. The van der Waals surface area contributed by atoms with Crippen LogP contribution in [-0.2, 0) is 18.9 Å². The lowest BCUT2D eigenvalue weighted by atomic mass is 10.2. The highest BCUT2D eigenvalue weighted by molar-refractivity contribution is 9.10. The lowest BCUT2D eigenvalue weighted by Crippen LogP contribution is -2.40. The van der Waals surface area contributed by atoms with Crippen molar-refractivity contribution in [2.24, 2.45) is 4.99 Å². The van der Waals surface area contributed by atoms with Crippen LogP contribution in [0.25, 0.3) is 6.20 Å². The number of halogens is 2. The van der Waals surface area contributed by atoms with Crippen LogP contribution in [0, 0.1) is 5.82 Å². The van der Waals surface area contributed by atoms with Crippen molar-refractivity contribution in [2.75, 3.05) is 60.8 Å². The molecule has 140 valence electrons. The number of fused-ring (bicyclic) bond motifs is 1. The third-order valence-electron chi connectivity index (χ3n) is 3.33. The van der Waals surface area contributed by atoms with Crippen molar-refractivity contribution in [1.82, 2.24) is 4.90 Å². The number of nitrogens with zero attached hydrogens (tertiary/aromatic N) is 2. The van der Waals surface area contributed by atoms with Gasteiger partial charge in [0.15, 0.2) is 6.79 Å². The zero-order chi connectivity index (χ0) is 18.1. The number of methoxy groups -OCH3 is 2. The van der Waals surface area contributed by atoms with Crippen LogP contribution in [0.1, 0.15) is 0 Å². The van der Waals surface area contributed by atoms with E-state index in [0.29, 0.717) is 60.6 Å². The predicted octanol–water partition coefficient (Wildman–Crippen LogP) is 0.839. The van der Waals surface area contributed by atoms with E-state index in [9.17, 15) is 4.39 Å². The van der Waals surface area contributed by atoms with Gasteiger partial charge in [-0.3, -0.25) is 4.99 Å². The standard InChI is InChI=1S/C16H22BrFN2O5/c1-21-3-5-23-10-20-8-12-15(18)13(17)7-14(16(12)19-9-20)25-11-24-6-4-22-2/h7-8H,3-6,9-11H2,1-2H3. The van der Waals surface area contributed by atoms with Gasteiger partial charge in [-0.15, -0.1) is 0 Å². The summed E-state index contributed by atoms with van der Waals surface area (Å²) in [5.74, 6) is 0.0601. The summed E-state index contributed by atoms with van der Waals surface area (Å²) >= 11 is 3.21. The molecule has 0 radical (unpaired) electrons. The molecule has 1 heterocycles. The molecule has 0 N–H and O–H groups in total. The number of hydrogen-bond acceptors (Lipinski definition) is 7. The van der Waals surface area contributed by atoms with E-state index in [-0.39, 0.29) is 6.79 Å². The number of hydrogen-bond donors (Lipinski definition) is 0. The van der Waals surface area contributed by atoms with Crippen LogP contribution in [0.2, 0.25) is 0 Å². The highest BCUT2D eigenvalue weighted by atomic mass is 79.9. The van der Waals surface area contributed by atoms with E-state index in [1.54, 1.807) is 31.4 Å². The van der Waals surface area contributed by atoms with Crippen LogP contribution < -0.4 is 15.3 Å². The van der Waals surface area contributed by atoms with Gasteiger partial charge in [0.25, 0.3) is 0 Å². The molecule has 0 saturated carbocycles. The molecule has 7 nitrogen and oxygen atoms in total. The van der Waals surface area contributed by atoms with Crippen molar-refractivity contribution < 1.29 is 28.1 Å². The molecular formula is C16H22BrFN2O5. The molecule has 1 aliphatic rings. The fourth-order valence-electron chi connectivity index (χ4n) is 2.10. The maximum absolute atomic E-state index is 14.4. The largest absolute Gasteiger partial charge is 0.465 e. The first-order valence-corrected chi connectivity index (χ1v) is 8.51. The Bertz CT molecular complexity index is 673. The monoisotopic (exact) mass is 420 g/mol. The summed E-state index contributed by atoms with van der Waals surface area (Å²) < 4.78 is 40.9. The highest BCUT2D eigenvalue weighted by Gasteiger charge is 2.14. The van der Waals surface area contributed by atoms with Crippen LogP contribution in [0.15, 0.2) is 15.5 Å². The van der Waals surface area contributed by atoms with E-state index in [2.05, 4.69) is 20.9 Å². The predicted molar refractivity (Wildman–Crippen MR) is 92.1 cm³/mol. The minimum Gasteiger partial charge on any atom is -0.465 e. The molecule has 1 aromatic carbocycles. The van der Waals surface area contributed by atoms with Crippen LogP contribution in [-0.4, -0.2) is 65.7 Å². The van der Waals surface area contributed by atoms with Gasteiger partial charge in [-0.1, -0.05) is 0 Å². The SMILES string of the molecule is COCCOCOc1cc(Br)c(F)c2c1=NCN(COCCOC)C=2. The van der Waals surface area contributed by atoms with E-state index in [1.807, 2.05) is 0 Å². The van der Waals surface area contributed by atoms with Crippen molar-refractivity contribution in [3.63, 3.8) is 0 Å². The third kappa shape index (κ3) is 5.89. The average molecular weight is 421 g/mol. The Kier molecular flexibility index (Phi) is 8.56. The summed E-state index contributed by atoms with van der Waals surface area (Å²) in [4.78, 5) is 6.18. The number of rotatable bonds is 11. The minimum atomic E-state index is -0.395. The normalized spacial score (nSPS) is 13.2. The topological polar surface area (TPSA) is 61.8 Å². The average Bonchev–Trinajstić information content (AvgIpc) is 2.62. The summed E-state index contributed by atoms with van der Waals surface area (Å²) in [7, 11) is 3.20. The van der Waals surface area contributed by atoms with Crippen molar-refractivity contribution in [3.05, 3.63) is 26.9 Å². The van der Waals surface area contributed by atoms with E-state index in [0.717, 1.165) is 0 Å². The molecule has 0 aromatic heterocycles. The van der Waals surface area contributed by atoms with Crippen LogP contribution in [0.4, 0.5) is 4.39 Å². The van der Waals surface area contributed by atoms with Crippen molar-refractivity contribution >= 4 is 22.1 Å². The second kappa shape index (κ2) is 10.7. The first-order valence-electron chi connectivity index (χ1n) is 7.72. The number of benzene rings is 1. The maximum atomic E-state index is 14.4. The molecule has 9 heteroatoms. The Morgan fingerprint density at radius 2 is 1.88 bits per heavy atom. The fraction of sp³-hybridized carbons (Fsp3) is 0.562. The summed E-state index contributed by atoms with van der Waals surface area (Å²) in [6.45, 7) is 2.54. The van der Waals surface area contributed by atoms with E-state index >= 15 is 0 Å². The quantitative estimate of drug-likeness (QED) is 0.390. The van der Waals surface area contributed by atoms with Gasteiger partial charge in [0.05, 0.1) is 36.1 Å². The Morgan fingerprint density at radius 1 is 1.16 bits per heavy atom. The molecule has 0 amide bonds. The lowest BCUT2D eigenvalue weighted by Gasteiger charge is -2.21.